The number of hydrogen-bond acceptors (Lipinski definition) is 3. The van der Waals surface area contributed by atoms with E-state index in [4.69, 9.17) is 9.47 Å². The Balaban J connectivity index is 1.71. The fraction of sp³-hybridized carbons (Fsp3) is 0.316. The van der Waals surface area contributed by atoms with Gasteiger partial charge in [-0.05, 0) is 22.3 Å². The van der Waals surface area contributed by atoms with Crippen LogP contribution in [0.25, 0.3) is 11.1 Å². The molecule has 0 saturated carbocycles. The van der Waals surface area contributed by atoms with Crippen molar-refractivity contribution < 1.29 is 14.3 Å². The smallest absolute Gasteiger partial charge is 0.254 e. The Labute approximate surface area is 135 Å². The second-order valence-electron chi connectivity index (χ2n) is 5.96. The summed E-state index contributed by atoms with van der Waals surface area (Å²) in [5, 5.41) is 0. The van der Waals surface area contributed by atoms with Crippen LogP contribution in [0.2, 0.25) is 0 Å². The van der Waals surface area contributed by atoms with E-state index in [0.717, 1.165) is 0 Å². The molecule has 1 saturated heterocycles. The molecular weight excluding hydrogens is 290 g/mol. The van der Waals surface area contributed by atoms with Crippen molar-refractivity contribution in [2.45, 2.75) is 12.1 Å². The van der Waals surface area contributed by atoms with Gasteiger partial charge in [0.25, 0.3) is 5.91 Å². The van der Waals surface area contributed by atoms with E-state index >= 15 is 0 Å². The van der Waals surface area contributed by atoms with Crippen LogP contribution in [0.5, 0.6) is 0 Å². The van der Waals surface area contributed by atoms with Gasteiger partial charge in [-0.15, -0.1) is 0 Å². The maximum Gasteiger partial charge on any atom is 0.254 e. The van der Waals surface area contributed by atoms with E-state index in [1.54, 1.807) is 4.90 Å². The Morgan fingerprint density at radius 2 is 1.61 bits per heavy atom. The molecule has 4 nitrogen and oxygen atoms in total. The second-order valence-corrected chi connectivity index (χ2v) is 5.96. The molecule has 0 unspecified atom stereocenters. The Kier molecular flexibility index (Phi) is 3.63. The average Bonchev–Trinajstić information content (AvgIpc) is 2.96. The SMILES string of the molecule is CN(C(=O)[C@H]1COCCO1)C1c2ccccc2-c2ccccc21. The van der Waals surface area contributed by atoms with Crippen LogP contribution in [-0.2, 0) is 14.3 Å². The lowest BCUT2D eigenvalue weighted by molar-refractivity contribution is -0.158. The predicted octanol–water partition coefficient (Wildman–Crippen LogP) is 2.63. The minimum atomic E-state index is -0.506. The molecule has 1 heterocycles. The topological polar surface area (TPSA) is 38.8 Å². The Bertz CT molecular complexity index is 691. The largest absolute Gasteiger partial charge is 0.376 e. The van der Waals surface area contributed by atoms with E-state index in [9.17, 15) is 4.79 Å². The summed E-state index contributed by atoms with van der Waals surface area (Å²) >= 11 is 0. The van der Waals surface area contributed by atoms with Crippen LogP contribution < -0.4 is 0 Å². The number of carbonyl (C=O) groups is 1. The summed E-state index contributed by atoms with van der Waals surface area (Å²) < 4.78 is 11.0. The zero-order valence-electron chi connectivity index (χ0n) is 13.1. The van der Waals surface area contributed by atoms with Gasteiger partial charge in [-0.1, -0.05) is 48.5 Å². The third-order valence-electron chi connectivity index (χ3n) is 4.63. The Hall–Kier alpha value is -2.17. The summed E-state index contributed by atoms with van der Waals surface area (Å²) in [5.41, 5.74) is 4.74. The molecule has 0 spiro atoms. The molecule has 0 aromatic heterocycles. The quantitative estimate of drug-likeness (QED) is 0.856. The molecule has 1 aliphatic carbocycles. The number of rotatable bonds is 2. The summed E-state index contributed by atoms with van der Waals surface area (Å²) in [5.74, 6) is -0.0267. The highest BCUT2D eigenvalue weighted by Gasteiger charge is 2.36. The molecule has 4 rings (SSSR count). The van der Waals surface area contributed by atoms with Crippen molar-refractivity contribution in [1.29, 1.82) is 0 Å². The maximum absolute atomic E-state index is 12.8. The highest BCUT2D eigenvalue weighted by atomic mass is 16.6. The van der Waals surface area contributed by atoms with E-state index in [2.05, 4.69) is 24.3 Å². The lowest BCUT2D eigenvalue weighted by atomic mass is 10.0. The standard InChI is InChI=1S/C19H19NO3/c1-20(19(21)17-12-22-10-11-23-17)18-15-8-4-2-6-13(15)14-7-3-5-9-16(14)18/h2-9,17-18H,10-12H2,1H3/t17-/m1/s1. The van der Waals surface area contributed by atoms with Crippen LogP contribution in [0.1, 0.15) is 17.2 Å². The van der Waals surface area contributed by atoms with Gasteiger partial charge in [0.05, 0.1) is 25.9 Å². The Morgan fingerprint density at radius 1 is 1.00 bits per heavy atom. The minimum Gasteiger partial charge on any atom is -0.376 e. The zero-order chi connectivity index (χ0) is 15.8. The highest BCUT2D eigenvalue weighted by molar-refractivity contribution is 5.85. The molecule has 1 amide bonds. The first-order valence-electron chi connectivity index (χ1n) is 7.91. The second kappa shape index (κ2) is 5.80. The average molecular weight is 309 g/mol. The third kappa shape index (κ3) is 2.35. The number of hydrogen-bond donors (Lipinski definition) is 0. The van der Waals surface area contributed by atoms with Crippen molar-refractivity contribution in [1.82, 2.24) is 4.90 Å². The summed E-state index contributed by atoms with van der Waals surface area (Å²) in [4.78, 5) is 14.6. The molecule has 0 bridgehead atoms. The molecule has 1 aliphatic heterocycles. The van der Waals surface area contributed by atoms with Crippen LogP contribution in [0.15, 0.2) is 48.5 Å². The van der Waals surface area contributed by atoms with Gasteiger partial charge in [-0.3, -0.25) is 4.79 Å². The van der Waals surface area contributed by atoms with E-state index < -0.39 is 6.10 Å². The van der Waals surface area contributed by atoms with Gasteiger partial charge >= 0.3 is 0 Å². The molecule has 118 valence electrons. The molecule has 2 aromatic carbocycles. The van der Waals surface area contributed by atoms with Crippen molar-refractivity contribution in [2.75, 3.05) is 26.9 Å². The molecular formula is C19H19NO3. The third-order valence-corrected chi connectivity index (χ3v) is 4.63. The fourth-order valence-electron chi connectivity index (χ4n) is 3.53. The lowest BCUT2D eigenvalue weighted by Crippen LogP contribution is -2.44. The van der Waals surface area contributed by atoms with E-state index in [1.165, 1.54) is 22.3 Å². The maximum atomic E-state index is 12.8. The van der Waals surface area contributed by atoms with Gasteiger partial charge in [0.2, 0.25) is 0 Å². The van der Waals surface area contributed by atoms with Crippen molar-refractivity contribution in [3.63, 3.8) is 0 Å². The normalized spacial score (nSPS) is 20.0. The highest BCUT2D eigenvalue weighted by Crippen LogP contribution is 2.45. The molecule has 0 N–H and O–H groups in total. The summed E-state index contributed by atoms with van der Waals surface area (Å²) in [7, 11) is 1.85. The zero-order valence-corrected chi connectivity index (χ0v) is 13.1. The number of amides is 1. The van der Waals surface area contributed by atoms with Gasteiger partial charge in [0, 0.05) is 7.05 Å². The fourth-order valence-corrected chi connectivity index (χ4v) is 3.53. The molecule has 1 atom stereocenters. The molecule has 23 heavy (non-hydrogen) atoms. The van der Waals surface area contributed by atoms with Gasteiger partial charge in [0.1, 0.15) is 0 Å². The Morgan fingerprint density at radius 3 is 2.17 bits per heavy atom. The van der Waals surface area contributed by atoms with Crippen molar-refractivity contribution in [3.05, 3.63) is 59.7 Å². The van der Waals surface area contributed by atoms with Gasteiger partial charge < -0.3 is 14.4 Å². The number of fused-ring (bicyclic) bond motifs is 3. The first-order chi connectivity index (χ1) is 11.3. The lowest BCUT2D eigenvalue weighted by Gasteiger charge is -2.31. The minimum absolute atomic E-state index is 0.0267. The molecule has 1 fully saturated rings. The van der Waals surface area contributed by atoms with Crippen LogP contribution >= 0.6 is 0 Å². The van der Waals surface area contributed by atoms with Gasteiger partial charge in [-0.2, -0.15) is 0 Å². The van der Waals surface area contributed by atoms with E-state index in [-0.39, 0.29) is 11.9 Å². The monoisotopic (exact) mass is 309 g/mol. The van der Waals surface area contributed by atoms with Gasteiger partial charge in [-0.25, -0.2) is 0 Å². The van der Waals surface area contributed by atoms with Crippen molar-refractivity contribution in [3.8, 4) is 11.1 Å². The number of nitrogens with zero attached hydrogens (tertiary/aromatic N) is 1. The number of carbonyl (C=O) groups excluding carboxylic acids is 1. The summed E-state index contributed by atoms with van der Waals surface area (Å²) in [6, 6.07) is 16.5. The first-order valence-corrected chi connectivity index (χ1v) is 7.91. The van der Waals surface area contributed by atoms with Crippen LogP contribution in [-0.4, -0.2) is 43.8 Å². The summed E-state index contributed by atoms with van der Waals surface area (Å²) in [6.07, 6.45) is -0.506. The van der Waals surface area contributed by atoms with Crippen molar-refractivity contribution >= 4 is 5.91 Å². The number of ether oxygens (including phenoxy) is 2. The van der Waals surface area contributed by atoms with Crippen LogP contribution in [0, 0.1) is 0 Å². The van der Waals surface area contributed by atoms with Crippen molar-refractivity contribution in [2.24, 2.45) is 0 Å². The van der Waals surface area contributed by atoms with Gasteiger partial charge in [0.15, 0.2) is 6.10 Å². The molecule has 2 aromatic rings. The molecule has 4 heteroatoms. The summed E-state index contributed by atoms with van der Waals surface area (Å²) in [6.45, 7) is 1.36. The van der Waals surface area contributed by atoms with E-state index in [0.29, 0.717) is 19.8 Å². The first kappa shape index (κ1) is 14.4. The molecule has 2 aliphatic rings. The molecule has 0 radical (unpaired) electrons. The predicted molar refractivity (Wildman–Crippen MR) is 87.1 cm³/mol. The van der Waals surface area contributed by atoms with Crippen LogP contribution in [0.4, 0.5) is 0 Å². The van der Waals surface area contributed by atoms with E-state index in [1.807, 2.05) is 31.3 Å². The van der Waals surface area contributed by atoms with Crippen LogP contribution in [0.3, 0.4) is 0 Å². The number of likely N-dealkylation sites (N-methyl/N-ethyl adjacent to an activating group) is 1. The number of benzene rings is 2.